The highest BCUT2D eigenvalue weighted by atomic mass is 32.1. The molecular formula is C21H21F3N4O4S. The summed E-state index contributed by atoms with van der Waals surface area (Å²) in [6.45, 7) is 0.348. The molecule has 3 aromatic rings. The molecule has 33 heavy (non-hydrogen) atoms. The molecule has 8 nitrogen and oxygen atoms in total. The molecule has 0 aliphatic carbocycles. The summed E-state index contributed by atoms with van der Waals surface area (Å²) in [5.74, 6) is -1.45. The highest BCUT2D eigenvalue weighted by Gasteiger charge is 2.31. The molecule has 1 atom stereocenters. The van der Waals surface area contributed by atoms with Gasteiger partial charge in [0, 0.05) is 12.7 Å². The highest BCUT2D eigenvalue weighted by molar-refractivity contribution is 7.22. The zero-order valence-corrected chi connectivity index (χ0v) is 18.0. The van der Waals surface area contributed by atoms with Crippen molar-refractivity contribution in [3.05, 3.63) is 54.1 Å². The number of alkyl halides is 3. The van der Waals surface area contributed by atoms with Crippen LogP contribution >= 0.6 is 11.3 Å². The zero-order chi connectivity index (χ0) is 23.8. The number of fused-ring (bicyclic) bond motifs is 1. The number of nitrogens with one attached hydrogen (secondary N) is 2. The van der Waals surface area contributed by atoms with E-state index in [1.54, 1.807) is 0 Å². The van der Waals surface area contributed by atoms with Gasteiger partial charge in [0.2, 0.25) is 11.8 Å². The first-order valence-electron chi connectivity index (χ1n) is 9.81. The normalized spacial score (nSPS) is 12.4. The van der Waals surface area contributed by atoms with E-state index in [1.807, 2.05) is 30.3 Å². The van der Waals surface area contributed by atoms with Gasteiger partial charge in [-0.15, -0.1) is 13.2 Å². The Morgan fingerprint density at radius 3 is 2.64 bits per heavy atom. The number of thiazole rings is 1. The maximum Gasteiger partial charge on any atom is 0.573 e. The summed E-state index contributed by atoms with van der Waals surface area (Å²) >= 11 is 0.974. The maximum absolute atomic E-state index is 12.3. The van der Waals surface area contributed by atoms with Crippen molar-refractivity contribution >= 4 is 38.5 Å². The summed E-state index contributed by atoms with van der Waals surface area (Å²) < 4.78 is 46.8. The van der Waals surface area contributed by atoms with Crippen molar-refractivity contribution in [3.63, 3.8) is 0 Å². The van der Waals surface area contributed by atoms with Crippen molar-refractivity contribution in [2.75, 3.05) is 18.5 Å². The predicted octanol–water partition coefficient (Wildman–Crippen LogP) is 3.18. The van der Waals surface area contributed by atoms with E-state index < -0.39 is 24.2 Å². The summed E-state index contributed by atoms with van der Waals surface area (Å²) in [7, 11) is 0. The first-order chi connectivity index (χ1) is 15.7. The molecule has 1 unspecified atom stereocenters. The Kier molecular flexibility index (Phi) is 8.20. The Morgan fingerprint density at radius 2 is 1.91 bits per heavy atom. The van der Waals surface area contributed by atoms with Crippen molar-refractivity contribution in [2.24, 2.45) is 5.73 Å². The van der Waals surface area contributed by atoms with Gasteiger partial charge in [0.25, 0.3) is 0 Å². The molecule has 1 heterocycles. The van der Waals surface area contributed by atoms with E-state index in [0.717, 1.165) is 23.0 Å². The lowest BCUT2D eigenvalue weighted by Gasteiger charge is -2.12. The summed E-state index contributed by atoms with van der Waals surface area (Å²) in [6, 6.07) is 12.4. The van der Waals surface area contributed by atoms with Crippen LogP contribution in [0, 0.1) is 0 Å². The van der Waals surface area contributed by atoms with Crippen LogP contribution in [0.15, 0.2) is 48.5 Å². The van der Waals surface area contributed by atoms with Gasteiger partial charge in [0.05, 0.1) is 29.4 Å². The van der Waals surface area contributed by atoms with E-state index >= 15 is 0 Å². The van der Waals surface area contributed by atoms with E-state index in [0.29, 0.717) is 16.8 Å². The molecule has 176 valence electrons. The van der Waals surface area contributed by atoms with Crippen LogP contribution in [0.25, 0.3) is 10.2 Å². The minimum Gasteiger partial charge on any atom is -0.406 e. The minimum absolute atomic E-state index is 0.173. The molecule has 0 saturated carbocycles. The van der Waals surface area contributed by atoms with Crippen LogP contribution in [0.1, 0.15) is 12.0 Å². The number of aromatic nitrogens is 1. The number of hydrogen-bond acceptors (Lipinski definition) is 7. The summed E-state index contributed by atoms with van der Waals surface area (Å²) in [5.41, 5.74) is 7.22. The van der Waals surface area contributed by atoms with Gasteiger partial charge in [-0.2, -0.15) is 0 Å². The molecule has 4 N–H and O–H groups in total. The van der Waals surface area contributed by atoms with Crippen molar-refractivity contribution in [3.8, 4) is 5.75 Å². The molecule has 0 aliphatic rings. The number of anilines is 1. The van der Waals surface area contributed by atoms with E-state index in [2.05, 4.69) is 20.4 Å². The fourth-order valence-electron chi connectivity index (χ4n) is 2.72. The molecule has 0 bridgehead atoms. The molecule has 1 aromatic heterocycles. The van der Waals surface area contributed by atoms with Crippen LogP contribution in [0.3, 0.4) is 0 Å². The Labute approximate surface area is 190 Å². The Morgan fingerprint density at radius 1 is 1.15 bits per heavy atom. The van der Waals surface area contributed by atoms with Crippen molar-refractivity contribution in [1.82, 2.24) is 10.3 Å². The molecule has 12 heteroatoms. The number of halogens is 3. The van der Waals surface area contributed by atoms with Gasteiger partial charge in [0.1, 0.15) is 5.75 Å². The fraction of sp³-hybridized carbons (Fsp3) is 0.286. The van der Waals surface area contributed by atoms with Crippen LogP contribution < -0.4 is 21.1 Å². The number of ether oxygens (including phenoxy) is 2. The van der Waals surface area contributed by atoms with Gasteiger partial charge < -0.3 is 25.8 Å². The Bertz CT molecular complexity index is 1090. The van der Waals surface area contributed by atoms with Crippen LogP contribution in [0.4, 0.5) is 18.3 Å². The van der Waals surface area contributed by atoms with Gasteiger partial charge in [-0.1, -0.05) is 41.7 Å². The predicted molar refractivity (Wildman–Crippen MR) is 117 cm³/mol. The second-order valence-corrected chi connectivity index (χ2v) is 7.93. The molecule has 0 aliphatic heterocycles. The average Bonchev–Trinajstić information content (AvgIpc) is 3.15. The lowest BCUT2D eigenvalue weighted by atomic mass is 10.2. The summed E-state index contributed by atoms with van der Waals surface area (Å²) in [5, 5.41) is 5.09. The third kappa shape index (κ3) is 8.00. The zero-order valence-electron chi connectivity index (χ0n) is 17.2. The van der Waals surface area contributed by atoms with Gasteiger partial charge in [0.15, 0.2) is 5.13 Å². The lowest BCUT2D eigenvalue weighted by Crippen LogP contribution is -2.44. The largest absolute Gasteiger partial charge is 0.573 e. The van der Waals surface area contributed by atoms with Crippen LogP contribution in [0.5, 0.6) is 5.75 Å². The maximum atomic E-state index is 12.3. The fourth-order valence-corrected chi connectivity index (χ4v) is 3.63. The van der Waals surface area contributed by atoms with Gasteiger partial charge >= 0.3 is 6.36 Å². The Balaban J connectivity index is 1.40. The molecule has 3 rings (SSSR count). The average molecular weight is 482 g/mol. The van der Waals surface area contributed by atoms with Crippen LogP contribution in [0.2, 0.25) is 0 Å². The number of carbonyl (C=O) groups is 2. The van der Waals surface area contributed by atoms with Crippen LogP contribution in [-0.4, -0.2) is 42.4 Å². The molecular weight excluding hydrogens is 461 g/mol. The number of benzene rings is 2. The monoisotopic (exact) mass is 482 g/mol. The first kappa shape index (κ1) is 24.4. The van der Waals surface area contributed by atoms with Crippen molar-refractivity contribution in [1.29, 1.82) is 0 Å². The SMILES string of the molecule is NC(CCOCc1ccccc1)C(=O)NCC(=O)Nc1nc2ccc(OC(F)(F)F)cc2s1. The molecule has 2 aromatic carbocycles. The molecule has 0 spiro atoms. The van der Waals surface area contributed by atoms with E-state index in [-0.39, 0.29) is 30.5 Å². The standard InChI is InChI=1S/C21H21F3N4O4S/c22-21(23,24)32-14-6-7-16-17(10-14)33-20(27-16)28-18(29)11-26-19(30)15(25)8-9-31-12-13-4-2-1-3-5-13/h1-7,10,15H,8-9,11-12,25H2,(H,26,30)(H,27,28,29). The third-order valence-electron chi connectivity index (χ3n) is 4.28. The molecule has 0 radical (unpaired) electrons. The lowest BCUT2D eigenvalue weighted by molar-refractivity contribution is -0.274. The summed E-state index contributed by atoms with van der Waals surface area (Å²) in [4.78, 5) is 28.3. The molecule has 0 fully saturated rings. The highest BCUT2D eigenvalue weighted by Crippen LogP contribution is 2.31. The number of hydrogen-bond donors (Lipinski definition) is 3. The minimum atomic E-state index is -4.80. The topological polar surface area (TPSA) is 116 Å². The first-order valence-corrected chi connectivity index (χ1v) is 10.6. The van der Waals surface area contributed by atoms with E-state index in [4.69, 9.17) is 10.5 Å². The van der Waals surface area contributed by atoms with E-state index in [9.17, 15) is 22.8 Å². The number of carbonyl (C=O) groups excluding carboxylic acids is 2. The number of nitrogens with two attached hydrogens (primary N) is 1. The quantitative estimate of drug-likeness (QED) is 0.383. The number of nitrogens with zero attached hydrogens (tertiary/aromatic N) is 1. The van der Waals surface area contributed by atoms with Crippen LogP contribution in [-0.2, 0) is 20.9 Å². The molecule has 2 amide bonds. The summed E-state index contributed by atoms with van der Waals surface area (Å²) in [6.07, 6.45) is -4.52. The third-order valence-corrected chi connectivity index (χ3v) is 5.22. The van der Waals surface area contributed by atoms with Gasteiger partial charge in [-0.05, 0) is 24.1 Å². The van der Waals surface area contributed by atoms with Crippen molar-refractivity contribution < 1.29 is 32.2 Å². The second kappa shape index (κ2) is 11.1. The number of amides is 2. The molecule has 0 saturated heterocycles. The second-order valence-electron chi connectivity index (χ2n) is 6.90. The van der Waals surface area contributed by atoms with Gasteiger partial charge in [-0.25, -0.2) is 4.98 Å². The Hall–Kier alpha value is -3.22. The van der Waals surface area contributed by atoms with Gasteiger partial charge in [-0.3, -0.25) is 9.59 Å². The van der Waals surface area contributed by atoms with E-state index in [1.165, 1.54) is 12.1 Å². The smallest absolute Gasteiger partial charge is 0.406 e. The number of rotatable bonds is 10. The van der Waals surface area contributed by atoms with Crippen molar-refractivity contribution in [2.45, 2.75) is 25.4 Å².